The Kier molecular flexibility index (Phi) is 4.34. The van der Waals surface area contributed by atoms with Crippen molar-refractivity contribution in [3.05, 3.63) is 53.6 Å². The summed E-state index contributed by atoms with van der Waals surface area (Å²) in [5.41, 5.74) is 4.35. The lowest BCUT2D eigenvalue weighted by Crippen LogP contribution is -1.86. The van der Waals surface area contributed by atoms with Crippen LogP contribution in [0, 0.1) is 18.8 Å². The van der Waals surface area contributed by atoms with Crippen LogP contribution in [0.15, 0.2) is 42.5 Å². The van der Waals surface area contributed by atoms with E-state index in [2.05, 4.69) is 37.0 Å². The molecule has 0 aliphatic carbocycles. The van der Waals surface area contributed by atoms with Crippen molar-refractivity contribution in [2.75, 3.05) is 0 Å². The molecule has 2 aromatic carbocycles. The smallest absolute Gasteiger partial charge is 0.395 e. The lowest BCUT2D eigenvalue weighted by molar-refractivity contribution is 0.525. The van der Waals surface area contributed by atoms with E-state index in [1.54, 1.807) is 12.1 Å². The molecular formula is C16H13O2P. The summed E-state index contributed by atoms with van der Waals surface area (Å²) in [6.07, 6.45) is 0. The van der Waals surface area contributed by atoms with E-state index in [9.17, 15) is 4.57 Å². The van der Waals surface area contributed by atoms with E-state index in [0.29, 0.717) is 5.75 Å². The van der Waals surface area contributed by atoms with Crippen LogP contribution in [0.5, 0.6) is 5.75 Å². The lowest BCUT2D eigenvalue weighted by atomic mass is 9.98. The van der Waals surface area contributed by atoms with Crippen LogP contribution < -0.4 is 4.52 Å². The second kappa shape index (κ2) is 6.18. The number of hydrogen-bond donors (Lipinski definition) is 0. The molecule has 0 heterocycles. The fraction of sp³-hybridized carbons (Fsp3) is 0.125. The van der Waals surface area contributed by atoms with Crippen LogP contribution >= 0.6 is 8.69 Å². The zero-order valence-corrected chi connectivity index (χ0v) is 11.7. The maximum atomic E-state index is 10.4. The Morgan fingerprint density at radius 2 is 1.84 bits per heavy atom. The van der Waals surface area contributed by atoms with Gasteiger partial charge in [-0.1, -0.05) is 30.2 Å². The Balaban J connectivity index is 2.45. The SMILES string of the molecule is CC#Cc1cc(C)ccc1-c1ccc(OP=O)cc1. The zero-order chi connectivity index (χ0) is 13.7. The van der Waals surface area contributed by atoms with Crippen molar-refractivity contribution in [3.63, 3.8) is 0 Å². The molecule has 19 heavy (non-hydrogen) atoms. The summed E-state index contributed by atoms with van der Waals surface area (Å²) in [5.74, 6) is 6.64. The minimum absolute atomic E-state index is 0.340. The topological polar surface area (TPSA) is 26.3 Å². The number of rotatable bonds is 3. The molecule has 2 rings (SSSR count). The highest BCUT2D eigenvalue weighted by Crippen LogP contribution is 2.27. The van der Waals surface area contributed by atoms with Crippen molar-refractivity contribution < 1.29 is 9.09 Å². The number of benzene rings is 2. The number of aryl methyl sites for hydroxylation is 1. The molecular weight excluding hydrogens is 255 g/mol. The molecule has 0 aromatic heterocycles. The summed E-state index contributed by atoms with van der Waals surface area (Å²) in [6.45, 7) is 3.88. The van der Waals surface area contributed by atoms with Gasteiger partial charge in [-0.2, -0.15) is 0 Å². The second-order valence-electron chi connectivity index (χ2n) is 4.11. The van der Waals surface area contributed by atoms with Crippen LogP contribution in [-0.2, 0) is 4.57 Å². The summed E-state index contributed by atoms with van der Waals surface area (Å²) in [7, 11) is -0.340. The van der Waals surface area contributed by atoms with E-state index >= 15 is 0 Å². The van der Waals surface area contributed by atoms with Crippen molar-refractivity contribution in [2.45, 2.75) is 13.8 Å². The molecule has 94 valence electrons. The molecule has 0 aliphatic rings. The second-order valence-corrected chi connectivity index (χ2v) is 4.45. The van der Waals surface area contributed by atoms with Gasteiger partial charge in [0.05, 0.1) is 0 Å². The van der Waals surface area contributed by atoms with Gasteiger partial charge in [-0.15, -0.1) is 5.92 Å². The largest absolute Gasteiger partial charge is 0.408 e. The van der Waals surface area contributed by atoms with E-state index in [-0.39, 0.29) is 8.69 Å². The van der Waals surface area contributed by atoms with Crippen LogP contribution in [0.4, 0.5) is 0 Å². The third kappa shape index (κ3) is 3.22. The first kappa shape index (κ1) is 13.3. The Labute approximate surface area is 114 Å². The Morgan fingerprint density at radius 1 is 1.11 bits per heavy atom. The maximum absolute atomic E-state index is 10.4. The molecule has 0 saturated carbocycles. The average molecular weight is 268 g/mol. The van der Waals surface area contributed by atoms with Gasteiger partial charge < -0.3 is 4.52 Å². The minimum Gasteiger partial charge on any atom is -0.408 e. The summed E-state index contributed by atoms with van der Waals surface area (Å²) < 4.78 is 15.2. The monoisotopic (exact) mass is 268 g/mol. The van der Waals surface area contributed by atoms with E-state index in [1.807, 2.05) is 19.1 Å². The van der Waals surface area contributed by atoms with Gasteiger partial charge in [0.25, 0.3) is 0 Å². The maximum Gasteiger partial charge on any atom is 0.395 e. The highest BCUT2D eigenvalue weighted by molar-refractivity contribution is 7.17. The highest BCUT2D eigenvalue weighted by atomic mass is 31.1. The molecule has 0 unspecified atom stereocenters. The fourth-order valence-electron chi connectivity index (χ4n) is 1.89. The minimum atomic E-state index is -0.340. The predicted molar refractivity (Wildman–Crippen MR) is 77.4 cm³/mol. The molecule has 0 N–H and O–H groups in total. The molecule has 2 aromatic rings. The fourth-order valence-corrected chi connectivity index (χ4v) is 2.09. The lowest BCUT2D eigenvalue weighted by Gasteiger charge is -2.07. The Morgan fingerprint density at radius 3 is 2.47 bits per heavy atom. The first-order valence-corrected chi connectivity index (χ1v) is 6.61. The van der Waals surface area contributed by atoms with E-state index < -0.39 is 0 Å². The van der Waals surface area contributed by atoms with Crippen LogP contribution in [0.3, 0.4) is 0 Å². The van der Waals surface area contributed by atoms with Crippen LogP contribution in [-0.4, -0.2) is 0 Å². The van der Waals surface area contributed by atoms with Gasteiger partial charge in [-0.05, 0) is 48.7 Å². The molecule has 0 amide bonds. The first-order valence-electron chi connectivity index (χ1n) is 5.88. The van der Waals surface area contributed by atoms with Gasteiger partial charge in [0.2, 0.25) is 0 Å². The van der Waals surface area contributed by atoms with Crippen molar-refractivity contribution in [1.82, 2.24) is 0 Å². The van der Waals surface area contributed by atoms with Crippen LogP contribution in [0.1, 0.15) is 18.1 Å². The Bertz CT molecular complexity index is 649. The summed E-state index contributed by atoms with van der Waals surface area (Å²) in [4.78, 5) is 0. The quantitative estimate of drug-likeness (QED) is 0.599. The standard InChI is InChI=1S/C16H13O2P/c1-3-4-14-11-12(2)5-10-16(14)13-6-8-15(9-7-13)18-19-17/h5-11H,1-2H3. The van der Waals surface area contributed by atoms with Crippen LogP contribution in [0.2, 0.25) is 0 Å². The molecule has 0 saturated heterocycles. The molecule has 0 bridgehead atoms. The van der Waals surface area contributed by atoms with E-state index in [0.717, 1.165) is 16.7 Å². The molecule has 0 aliphatic heterocycles. The van der Waals surface area contributed by atoms with Crippen molar-refractivity contribution in [1.29, 1.82) is 0 Å². The van der Waals surface area contributed by atoms with Crippen molar-refractivity contribution >= 4 is 8.69 Å². The summed E-state index contributed by atoms with van der Waals surface area (Å²) in [5, 5.41) is 0. The van der Waals surface area contributed by atoms with Gasteiger partial charge in [-0.3, -0.25) is 0 Å². The Hall–Kier alpha value is -2.10. The summed E-state index contributed by atoms with van der Waals surface area (Å²) in [6, 6.07) is 13.7. The van der Waals surface area contributed by atoms with E-state index in [4.69, 9.17) is 4.52 Å². The third-order valence-corrected chi connectivity index (χ3v) is 3.03. The summed E-state index contributed by atoms with van der Waals surface area (Å²) >= 11 is 0. The highest BCUT2D eigenvalue weighted by Gasteiger charge is 2.04. The van der Waals surface area contributed by atoms with Crippen molar-refractivity contribution in [3.8, 4) is 28.7 Å². The molecule has 0 fully saturated rings. The van der Waals surface area contributed by atoms with Gasteiger partial charge in [0.1, 0.15) is 5.75 Å². The van der Waals surface area contributed by atoms with Gasteiger partial charge in [0.15, 0.2) is 0 Å². The van der Waals surface area contributed by atoms with Gasteiger partial charge >= 0.3 is 8.69 Å². The van der Waals surface area contributed by atoms with Gasteiger partial charge in [-0.25, -0.2) is 4.57 Å². The predicted octanol–water partition coefficient (Wildman–Crippen LogP) is 4.62. The molecule has 0 radical (unpaired) electrons. The van der Waals surface area contributed by atoms with Crippen molar-refractivity contribution in [2.24, 2.45) is 0 Å². The normalized spacial score (nSPS) is 9.79. The first-order chi connectivity index (χ1) is 9.24. The third-order valence-electron chi connectivity index (χ3n) is 2.74. The van der Waals surface area contributed by atoms with Gasteiger partial charge in [0, 0.05) is 5.56 Å². The van der Waals surface area contributed by atoms with E-state index in [1.165, 1.54) is 5.56 Å². The molecule has 0 spiro atoms. The van der Waals surface area contributed by atoms with Crippen LogP contribution in [0.25, 0.3) is 11.1 Å². The molecule has 2 nitrogen and oxygen atoms in total. The molecule has 0 atom stereocenters. The zero-order valence-electron chi connectivity index (χ0n) is 10.8. The average Bonchev–Trinajstić information content (AvgIpc) is 2.41. The number of hydrogen-bond acceptors (Lipinski definition) is 2. The molecule has 3 heteroatoms.